The molecule has 1 aromatic heterocycles. The van der Waals surface area contributed by atoms with E-state index in [0.717, 1.165) is 11.3 Å². The van der Waals surface area contributed by atoms with Gasteiger partial charge in [-0.05, 0) is 71.1 Å². The maximum absolute atomic E-state index is 14.5. The first-order valence-corrected chi connectivity index (χ1v) is 21.5. The van der Waals surface area contributed by atoms with Gasteiger partial charge < -0.3 is 26.2 Å². The number of carbonyl (C=O) groups is 5. The summed E-state index contributed by atoms with van der Waals surface area (Å²) < 4.78 is 25.8. The number of urea groups is 1. The van der Waals surface area contributed by atoms with Crippen LogP contribution in [-0.4, -0.2) is 85.9 Å². The molecule has 1 saturated heterocycles. The monoisotopic (exact) mass is 775 g/mol. The van der Waals surface area contributed by atoms with Crippen LogP contribution in [0.25, 0.3) is 0 Å². The first-order chi connectivity index (χ1) is 24.5. The number of sulfone groups is 1. The Morgan fingerprint density at radius 2 is 1.74 bits per heavy atom. The number of carbonyl (C=O) groups excluding carboxylic acids is 5. The number of ketones is 1. The van der Waals surface area contributed by atoms with Crippen molar-refractivity contribution in [2.45, 2.75) is 130 Å². The van der Waals surface area contributed by atoms with Gasteiger partial charge in [0.15, 0.2) is 9.84 Å². The van der Waals surface area contributed by atoms with E-state index in [9.17, 15) is 32.4 Å². The Kier molecular flexibility index (Phi) is 13.0. The molecule has 12 nitrogen and oxygen atoms in total. The van der Waals surface area contributed by atoms with Crippen LogP contribution in [0.2, 0.25) is 0 Å². The summed E-state index contributed by atoms with van der Waals surface area (Å²) in [4.78, 5) is 71.1. The zero-order valence-electron chi connectivity index (χ0n) is 33.0. The van der Waals surface area contributed by atoms with Gasteiger partial charge in [-0.25, -0.2) is 13.2 Å². The SMILES string of the molecule is C=CCNC(=O)C(=O)C(CCCC)NC(=O)[C@@H]1[C@@H]2[C@H](CN1C(=O)[C@@H](NC(=O)N[C@H](CC1CCS(=O)(=O)c3ccsc3C1)C(C)(C)C)C(C)(C)C)C2(C)C. The third-order valence-electron chi connectivity index (χ3n) is 11.5. The minimum absolute atomic E-state index is 0.0364. The van der Waals surface area contributed by atoms with Crippen LogP contribution in [0.15, 0.2) is 29.0 Å². The van der Waals surface area contributed by atoms with Crippen molar-refractivity contribution in [1.29, 1.82) is 0 Å². The van der Waals surface area contributed by atoms with E-state index < -0.39 is 57.0 Å². The topological polar surface area (TPSA) is 171 Å². The van der Waals surface area contributed by atoms with E-state index in [2.05, 4.69) is 41.7 Å². The third kappa shape index (κ3) is 9.71. The summed E-state index contributed by atoms with van der Waals surface area (Å²) >= 11 is 1.45. The maximum Gasteiger partial charge on any atom is 0.315 e. The highest BCUT2D eigenvalue weighted by atomic mass is 32.2. The zero-order chi connectivity index (χ0) is 39.7. The van der Waals surface area contributed by atoms with Gasteiger partial charge in [-0.3, -0.25) is 19.2 Å². The molecule has 3 heterocycles. The molecule has 3 aliphatic rings. The van der Waals surface area contributed by atoms with Crippen molar-refractivity contribution in [1.82, 2.24) is 26.2 Å². The zero-order valence-corrected chi connectivity index (χ0v) is 34.6. The third-order valence-corrected chi connectivity index (χ3v) is 14.4. The lowest BCUT2D eigenvalue weighted by Crippen LogP contribution is -2.62. The van der Waals surface area contributed by atoms with Crippen LogP contribution in [0.5, 0.6) is 0 Å². The van der Waals surface area contributed by atoms with Crippen LogP contribution in [-0.2, 0) is 35.4 Å². The molecule has 14 heteroatoms. The number of nitrogens with one attached hydrogen (secondary N) is 4. The van der Waals surface area contributed by atoms with Gasteiger partial charge in [0, 0.05) is 24.0 Å². The average molecular weight is 776 g/mol. The molecule has 4 rings (SSSR count). The molecule has 0 spiro atoms. The summed E-state index contributed by atoms with van der Waals surface area (Å²) in [6.45, 7) is 21.8. The Balaban J connectivity index is 1.52. The fourth-order valence-corrected chi connectivity index (χ4v) is 11.1. The molecule has 53 heavy (non-hydrogen) atoms. The minimum Gasteiger partial charge on any atom is -0.346 e. The van der Waals surface area contributed by atoms with Gasteiger partial charge in [0.1, 0.15) is 12.1 Å². The van der Waals surface area contributed by atoms with Crippen LogP contribution in [0.4, 0.5) is 4.79 Å². The lowest BCUT2D eigenvalue weighted by Gasteiger charge is -2.39. The summed E-state index contributed by atoms with van der Waals surface area (Å²) in [7, 11) is -3.35. The van der Waals surface area contributed by atoms with E-state index >= 15 is 0 Å². The Morgan fingerprint density at radius 3 is 2.34 bits per heavy atom. The Morgan fingerprint density at radius 1 is 1.06 bits per heavy atom. The van der Waals surface area contributed by atoms with Gasteiger partial charge in [0.25, 0.3) is 5.91 Å². The largest absolute Gasteiger partial charge is 0.346 e. The summed E-state index contributed by atoms with van der Waals surface area (Å²) in [6, 6.07) is -2.06. The second-order valence-corrected chi connectivity index (χ2v) is 21.0. The van der Waals surface area contributed by atoms with Gasteiger partial charge in [0.2, 0.25) is 17.6 Å². The van der Waals surface area contributed by atoms with Crippen LogP contribution < -0.4 is 21.3 Å². The van der Waals surface area contributed by atoms with Gasteiger partial charge >= 0.3 is 6.03 Å². The summed E-state index contributed by atoms with van der Waals surface area (Å²) in [6.07, 6.45) is 4.80. The van der Waals surface area contributed by atoms with Crippen LogP contribution in [0.1, 0.15) is 99.3 Å². The lowest BCUT2D eigenvalue weighted by atomic mass is 9.79. The van der Waals surface area contributed by atoms with Crippen molar-refractivity contribution in [3.8, 4) is 0 Å². The first-order valence-electron chi connectivity index (χ1n) is 18.9. The van der Waals surface area contributed by atoms with Crippen LogP contribution in [0, 0.1) is 34.0 Å². The number of hydrogen-bond acceptors (Lipinski definition) is 8. The van der Waals surface area contributed by atoms with E-state index in [1.54, 1.807) is 11.0 Å². The number of Topliss-reactive ketones (excluding diaryl/α,β-unsaturated/α-hetero) is 1. The van der Waals surface area contributed by atoms with Crippen LogP contribution >= 0.6 is 11.3 Å². The molecule has 0 aromatic carbocycles. The molecule has 0 bridgehead atoms. The first kappa shape index (κ1) is 42.5. The molecule has 7 atom stereocenters. The van der Waals surface area contributed by atoms with Crippen molar-refractivity contribution in [2.75, 3.05) is 18.8 Å². The number of hydrogen-bond donors (Lipinski definition) is 4. The molecule has 2 unspecified atom stereocenters. The highest BCUT2D eigenvalue weighted by Gasteiger charge is 2.70. The van der Waals surface area contributed by atoms with Crippen molar-refractivity contribution in [2.24, 2.45) is 34.0 Å². The average Bonchev–Trinajstić information content (AvgIpc) is 3.42. The number of piperidine rings is 1. The predicted octanol–water partition coefficient (Wildman–Crippen LogP) is 4.63. The van der Waals surface area contributed by atoms with Crippen molar-refractivity contribution < 1.29 is 32.4 Å². The molecule has 4 N–H and O–H groups in total. The van der Waals surface area contributed by atoms with E-state index in [-0.39, 0.29) is 59.3 Å². The quantitative estimate of drug-likeness (QED) is 0.158. The van der Waals surface area contributed by atoms with Crippen molar-refractivity contribution in [3.63, 3.8) is 0 Å². The normalized spacial score (nSPS) is 24.7. The van der Waals surface area contributed by atoms with E-state index in [1.807, 2.05) is 53.8 Å². The summed E-state index contributed by atoms with van der Waals surface area (Å²) in [5, 5.41) is 13.2. The number of unbranched alkanes of at least 4 members (excludes halogenated alkanes) is 1. The molecule has 5 amide bonds. The van der Waals surface area contributed by atoms with Gasteiger partial charge in [0.05, 0.1) is 16.7 Å². The van der Waals surface area contributed by atoms with Crippen molar-refractivity contribution in [3.05, 3.63) is 29.0 Å². The van der Waals surface area contributed by atoms with Crippen molar-refractivity contribution >= 4 is 50.7 Å². The Labute approximate surface area is 320 Å². The number of rotatable bonds is 14. The molecule has 1 saturated carbocycles. The molecular formula is C39H61N5O7S2. The molecule has 1 aliphatic carbocycles. The molecule has 2 aliphatic heterocycles. The Hall–Kier alpha value is -3.26. The second-order valence-electron chi connectivity index (χ2n) is 17.9. The second kappa shape index (κ2) is 16.2. The number of nitrogens with zero attached hydrogens (tertiary/aromatic N) is 1. The fourth-order valence-electron chi connectivity index (χ4n) is 8.02. The van der Waals surface area contributed by atoms with Gasteiger partial charge in [-0.15, -0.1) is 17.9 Å². The Bertz CT molecular complexity index is 1670. The molecular weight excluding hydrogens is 715 g/mol. The van der Waals surface area contributed by atoms with E-state index in [4.69, 9.17) is 0 Å². The highest BCUT2D eigenvalue weighted by Crippen LogP contribution is 2.65. The molecule has 2 fully saturated rings. The summed E-state index contributed by atoms with van der Waals surface area (Å²) in [5.41, 5.74) is -1.31. The summed E-state index contributed by atoms with van der Waals surface area (Å²) in [5.74, 6) is -2.39. The molecule has 0 radical (unpaired) electrons. The number of fused-ring (bicyclic) bond motifs is 2. The fraction of sp³-hybridized carbons (Fsp3) is 0.718. The molecule has 296 valence electrons. The maximum atomic E-state index is 14.5. The van der Waals surface area contributed by atoms with Gasteiger partial charge in [-0.1, -0.05) is 81.2 Å². The van der Waals surface area contributed by atoms with E-state index in [1.165, 1.54) is 17.4 Å². The number of thiophene rings is 1. The standard InChI is InChI=1S/C39H61N5O7S2/c1-11-13-14-25(31(45)34(47)40-17-12-2)41-33(46)30-29-24(39(29,9)10)22-44(30)35(48)32(38(6,7)8)43-36(49)42-28(37(3,4)5)21-23-16-19-53(50,51)27-15-18-52-26(27)20-23/h12,15,18,23-25,28-30,32H,2,11,13-14,16-17,19-22H2,1,3-10H3,(H,40,47)(H,41,46)(H2,42,43,49)/t23?,24-,25?,28+,29-,30-,32+/m0/s1. The minimum atomic E-state index is -3.35. The smallest absolute Gasteiger partial charge is 0.315 e. The van der Waals surface area contributed by atoms with Gasteiger partial charge in [-0.2, -0.15) is 0 Å². The lowest BCUT2D eigenvalue weighted by molar-refractivity contribution is -0.145. The molecule has 1 aromatic rings. The number of amides is 5. The highest BCUT2D eigenvalue weighted by molar-refractivity contribution is 7.91. The number of likely N-dealkylation sites (tertiary alicyclic amines) is 1. The van der Waals surface area contributed by atoms with Crippen LogP contribution in [0.3, 0.4) is 0 Å². The predicted molar refractivity (Wildman–Crippen MR) is 207 cm³/mol. The van der Waals surface area contributed by atoms with E-state index in [0.29, 0.717) is 37.1 Å².